The van der Waals surface area contributed by atoms with Gasteiger partial charge in [0.1, 0.15) is 0 Å². The number of amides is 1. The first-order chi connectivity index (χ1) is 24.2. The number of carbonyl (C=O) groups excluding carboxylic acids is 1. The molecule has 0 bridgehead atoms. The molecule has 1 aliphatic heterocycles. The molecule has 1 aromatic heterocycles. The highest BCUT2D eigenvalue weighted by atomic mass is 19.4. The molecule has 256 valence electrons. The molecule has 0 radical (unpaired) electrons. The van der Waals surface area contributed by atoms with Crippen LogP contribution in [-0.4, -0.2) is 53.4 Å². The minimum absolute atomic E-state index is 0.0158. The maximum atomic E-state index is 13.9. The van der Waals surface area contributed by atoms with Crippen molar-refractivity contribution in [2.45, 2.75) is 37.5 Å². The number of halogens is 3. The van der Waals surface area contributed by atoms with Crippen molar-refractivity contribution in [1.29, 1.82) is 0 Å². The Balaban J connectivity index is 1.18. The van der Waals surface area contributed by atoms with E-state index in [1.807, 2.05) is 60.5 Å². The van der Waals surface area contributed by atoms with E-state index in [1.54, 1.807) is 18.5 Å². The number of likely N-dealkylation sites (tertiary alicyclic amines) is 1. The predicted molar refractivity (Wildman–Crippen MR) is 194 cm³/mol. The second kappa shape index (κ2) is 16.0. The Labute approximate surface area is 292 Å². The molecule has 0 spiro atoms. The average molecular weight is 675 g/mol. The summed E-state index contributed by atoms with van der Waals surface area (Å²) in [4.78, 5) is 24.5. The van der Waals surface area contributed by atoms with E-state index >= 15 is 0 Å². The van der Waals surface area contributed by atoms with E-state index in [2.05, 4.69) is 63.3 Å². The van der Waals surface area contributed by atoms with Gasteiger partial charge in [-0.1, -0.05) is 84.9 Å². The number of carbonyl (C=O) groups is 1. The molecule has 5 nitrogen and oxygen atoms in total. The third-order valence-electron chi connectivity index (χ3n) is 9.51. The van der Waals surface area contributed by atoms with Crippen LogP contribution in [0.15, 0.2) is 140 Å². The molecule has 0 N–H and O–H groups in total. The minimum Gasteiger partial charge on any atom is -0.345 e. The fourth-order valence-electron chi connectivity index (χ4n) is 6.62. The van der Waals surface area contributed by atoms with Crippen molar-refractivity contribution in [3.05, 3.63) is 168 Å². The molecule has 0 saturated carbocycles. The van der Waals surface area contributed by atoms with Gasteiger partial charge in [0.25, 0.3) is 0 Å². The van der Waals surface area contributed by atoms with Gasteiger partial charge in [0.05, 0.1) is 5.56 Å². The summed E-state index contributed by atoms with van der Waals surface area (Å²) in [6, 6.07) is 38.2. The fourth-order valence-corrected chi connectivity index (χ4v) is 6.62. The van der Waals surface area contributed by atoms with Crippen LogP contribution in [0, 0.1) is 0 Å². The normalized spacial score (nSPS) is 14.3. The zero-order valence-electron chi connectivity index (χ0n) is 28.1. The molecule has 6 rings (SSSR count). The molecule has 0 aliphatic carbocycles. The molecular formula is C42H41F3N4O. The zero-order valence-corrected chi connectivity index (χ0v) is 28.1. The number of hydrogen-bond acceptors (Lipinski definition) is 4. The Bertz CT molecular complexity index is 1780. The van der Waals surface area contributed by atoms with Crippen molar-refractivity contribution in [3.8, 4) is 0 Å². The van der Waals surface area contributed by atoms with E-state index in [0.717, 1.165) is 61.5 Å². The summed E-state index contributed by atoms with van der Waals surface area (Å²) in [5.41, 5.74) is 5.43. The Morgan fingerprint density at radius 3 is 1.92 bits per heavy atom. The summed E-state index contributed by atoms with van der Waals surface area (Å²) in [6.07, 6.45) is 3.84. The van der Waals surface area contributed by atoms with Crippen LogP contribution in [0.4, 0.5) is 24.5 Å². The number of piperidine rings is 1. The van der Waals surface area contributed by atoms with Crippen molar-refractivity contribution in [2.24, 2.45) is 0 Å². The van der Waals surface area contributed by atoms with Crippen LogP contribution >= 0.6 is 0 Å². The largest absolute Gasteiger partial charge is 0.416 e. The topological polar surface area (TPSA) is 39.7 Å². The SMILES string of the molecule is CN(c1ccncc1)c1ccc(CN(C(=O)C=Cc2ccc(C(F)(F)F)cc2)C2CCN(CC(c3ccccc3)c3ccccc3)CC2)cc1. The number of anilines is 2. The van der Waals surface area contributed by atoms with Crippen LogP contribution in [-0.2, 0) is 17.5 Å². The maximum Gasteiger partial charge on any atom is 0.416 e. The Hall–Kier alpha value is -5.21. The molecule has 0 unspecified atom stereocenters. The summed E-state index contributed by atoms with van der Waals surface area (Å²) in [7, 11) is 2.00. The lowest BCUT2D eigenvalue weighted by molar-refractivity contribution is -0.137. The summed E-state index contributed by atoms with van der Waals surface area (Å²) >= 11 is 0. The van der Waals surface area contributed by atoms with Crippen molar-refractivity contribution < 1.29 is 18.0 Å². The predicted octanol–water partition coefficient (Wildman–Crippen LogP) is 9.21. The highest BCUT2D eigenvalue weighted by Crippen LogP contribution is 2.31. The molecule has 1 saturated heterocycles. The van der Waals surface area contributed by atoms with Crippen molar-refractivity contribution >= 4 is 23.4 Å². The minimum atomic E-state index is -4.41. The lowest BCUT2D eigenvalue weighted by atomic mass is 9.90. The number of hydrogen-bond donors (Lipinski definition) is 0. The highest BCUT2D eigenvalue weighted by Gasteiger charge is 2.31. The molecule has 1 aliphatic rings. The third-order valence-corrected chi connectivity index (χ3v) is 9.51. The summed E-state index contributed by atoms with van der Waals surface area (Å²) < 4.78 is 39.3. The van der Waals surface area contributed by atoms with E-state index in [-0.39, 0.29) is 17.9 Å². The van der Waals surface area contributed by atoms with Gasteiger partial charge >= 0.3 is 6.18 Å². The second-order valence-corrected chi connectivity index (χ2v) is 12.8. The van der Waals surface area contributed by atoms with Crippen LogP contribution in [0.1, 0.15) is 46.6 Å². The van der Waals surface area contributed by atoms with Crippen molar-refractivity contribution in [1.82, 2.24) is 14.8 Å². The molecule has 2 heterocycles. The van der Waals surface area contributed by atoms with E-state index in [0.29, 0.717) is 12.1 Å². The van der Waals surface area contributed by atoms with E-state index < -0.39 is 11.7 Å². The van der Waals surface area contributed by atoms with E-state index in [9.17, 15) is 18.0 Å². The van der Waals surface area contributed by atoms with Gasteiger partial charge in [0, 0.05) is 75.0 Å². The number of benzene rings is 4. The lowest BCUT2D eigenvalue weighted by Crippen LogP contribution is -2.47. The smallest absolute Gasteiger partial charge is 0.345 e. The number of pyridine rings is 1. The summed E-state index contributed by atoms with van der Waals surface area (Å²) in [5, 5.41) is 0. The number of aromatic nitrogens is 1. The van der Waals surface area contributed by atoms with Crippen LogP contribution < -0.4 is 4.90 Å². The first-order valence-electron chi connectivity index (χ1n) is 17.0. The molecule has 4 aromatic carbocycles. The standard InChI is InChI=1S/C42H41F3N4O/c1-47(38-22-26-46-27-23-38)37-19-14-33(15-20-37)30-49(41(50)21-16-32-12-17-36(18-13-32)42(43,44)45)39-24-28-48(29-25-39)31-40(34-8-4-2-5-9-34)35-10-6-3-7-11-35/h2-23,26-27,39-40H,24-25,28-31H2,1H3. The van der Waals surface area contributed by atoms with Gasteiger partial charge in [0.2, 0.25) is 5.91 Å². The first kappa shape index (κ1) is 34.6. The van der Waals surface area contributed by atoms with E-state index in [4.69, 9.17) is 0 Å². The zero-order chi connectivity index (χ0) is 34.9. The van der Waals surface area contributed by atoms with Crippen LogP contribution in [0.3, 0.4) is 0 Å². The summed E-state index contributed by atoms with van der Waals surface area (Å²) in [6.45, 7) is 3.01. The number of alkyl halides is 3. The molecule has 0 atom stereocenters. The average Bonchev–Trinajstić information content (AvgIpc) is 3.16. The highest BCUT2D eigenvalue weighted by molar-refractivity contribution is 5.92. The molecule has 8 heteroatoms. The lowest BCUT2D eigenvalue weighted by Gasteiger charge is -2.39. The van der Waals surface area contributed by atoms with Gasteiger partial charge in [-0.3, -0.25) is 9.78 Å². The molecule has 50 heavy (non-hydrogen) atoms. The van der Waals surface area contributed by atoms with Crippen molar-refractivity contribution in [2.75, 3.05) is 31.6 Å². The third kappa shape index (κ3) is 8.87. The van der Waals surface area contributed by atoms with Crippen LogP contribution in [0.2, 0.25) is 0 Å². The van der Waals surface area contributed by atoms with E-state index in [1.165, 1.54) is 29.3 Å². The van der Waals surface area contributed by atoms with Crippen LogP contribution in [0.5, 0.6) is 0 Å². The van der Waals surface area contributed by atoms with Crippen molar-refractivity contribution in [3.63, 3.8) is 0 Å². The molecule has 1 fully saturated rings. The monoisotopic (exact) mass is 674 g/mol. The second-order valence-electron chi connectivity index (χ2n) is 12.8. The number of nitrogens with zero attached hydrogens (tertiary/aromatic N) is 4. The number of rotatable bonds is 11. The Morgan fingerprint density at radius 2 is 1.36 bits per heavy atom. The Morgan fingerprint density at radius 1 is 0.800 bits per heavy atom. The molecule has 5 aromatic rings. The van der Waals surface area contributed by atoms with Gasteiger partial charge < -0.3 is 14.7 Å². The Kier molecular flexibility index (Phi) is 11.1. The first-order valence-corrected chi connectivity index (χ1v) is 17.0. The van der Waals surface area contributed by atoms with Gasteiger partial charge in [0.15, 0.2) is 0 Å². The molecule has 1 amide bonds. The van der Waals surface area contributed by atoms with Crippen LogP contribution in [0.25, 0.3) is 6.08 Å². The molecular weight excluding hydrogens is 633 g/mol. The van der Waals surface area contributed by atoms with Gasteiger partial charge in [-0.25, -0.2) is 0 Å². The van der Waals surface area contributed by atoms with Gasteiger partial charge in [-0.05, 0) is 77.6 Å². The quantitative estimate of drug-likeness (QED) is 0.131. The van der Waals surface area contributed by atoms with Gasteiger partial charge in [-0.15, -0.1) is 0 Å². The fraction of sp³-hybridized carbons (Fsp3) is 0.238. The summed E-state index contributed by atoms with van der Waals surface area (Å²) in [5.74, 6) is 0.0786. The van der Waals surface area contributed by atoms with Gasteiger partial charge in [-0.2, -0.15) is 13.2 Å². The maximum absolute atomic E-state index is 13.9.